The van der Waals surface area contributed by atoms with Gasteiger partial charge in [0.2, 0.25) is 0 Å². The lowest BCUT2D eigenvalue weighted by Crippen LogP contribution is -2.09. The van der Waals surface area contributed by atoms with Crippen LogP contribution in [-0.4, -0.2) is 29.4 Å². The van der Waals surface area contributed by atoms with E-state index in [0.29, 0.717) is 12.5 Å². The number of nitrogens with zero attached hydrogens (tertiary/aromatic N) is 2. The first-order chi connectivity index (χ1) is 6.29. The zero-order valence-electron chi connectivity index (χ0n) is 7.46. The molecule has 0 radical (unpaired) electrons. The van der Waals surface area contributed by atoms with E-state index in [2.05, 4.69) is 21.0 Å². The van der Waals surface area contributed by atoms with Gasteiger partial charge in [0, 0.05) is 19.4 Å². The topological polar surface area (TPSA) is 27.1 Å². The molecule has 0 aliphatic carbocycles. The fourth-order valence-electron chi connectivity index (χ4n) is 1.10. The fraction of sp³-hybridized carbons (Fsp3) is 0.625. The third kappa shape index (κ3) is 2.97. The molecule has 0 unspecified atom stereocenters. The number of halogens is 2. The molecule has 0 N–H and O–H groups in total. The number of hydrogen-bond acceptors (Lipinski definition) is 2. The summed E-state index contributed by atoms with van der Waals surface area (Å²) in [6, 6.07) is 0. The van der Waals surface area contributed by atoms with E-state index in [1.807, 2.05) is 4.68 Å². The molecule has 1 aromatic rings. The van der Waals surface area contributed by atoms with E-state index >= 15 is 0 Å². The van der Waals surface area contributed by atoms with Crippen molar-refractivity contribution in [3.8, 4) is 0 Å². The van der Waals surface area contributed by atoms with Crippen molar-refractivity contribution in [1.29, 1.82) is 0 Å². The second kappa shape index (κ2) is 5.62. The van der Waals surface area contributed by atoms with Gasteiger partial charge in [0.15, 0.2) is 0 Å². The zero-order valence-corrected chi connectivity index (χ0v) is 9.81. The summed E-state index contributed by atoms with van der Waals surface area (Å²) >= 11 is 9.10. The summed E-state index contributed by atoms with van der Waals surface area (Å²) in [5, 5.41) is 4.20. The van der Waals surface area contributed by atoms with Gasteiger partial charge in [-0.1, -0.05) is 0 Å². The highest BCUT2D eigenvalue weighted by molar-refractivity contribution is 9.10. The van der Waals surface area contributed by atoms with Crippen LogP contribution in [0.1, 0.15) is 5.69 Å². The van der Waals surface area contributed by atoms with Crippen LogP contribution in [0.25, 0.3) is 0 Å². The van der Waals surface area contributed by atoms with Crippen LogP contribution < -0.4 is 0 Å². The van der Waals surface area contributed by atoms with Gasteiger partial charge in [-0.05, 0) is 15.9 Å². The number of alkyl halides is 1. The molecular weight excluding hydrogens is 255 g/mol. The van der Waals surface area contributed by atoms with Gasteiger partial charge in [-0.25, -0.2) is 0 Å². The van der Waals surface area contributed by atoms with Crippen molar-refractivity contribution in [2.45, 2.75) is 13.0 Å². The Labute approximate surface area is 91.1 Å². The van der Waals surface area contributed by atoms with Crippen LogP contribution in [0.3, 0.4) is 0 Å². The van der Waals surface area contributed by atoms with Crippen molar-refractivity contribution in [3.63, 3.8) is 0 Å². The SMILES string of the molecule is COCCn1ncc(Br)c1CCCl. The highest BCUT2D eigenvalue weighted by Gasteiger charge is 2.06. The van der Waals surface area contributed by atoms with E-state index in [4.69, 9.17) is 16.3 Å². The van der Waals surface area contributed by atoms with Crippen LogP contribution in [0.2, 0.25) is 0 Å². The molecule has 0 aromatic carbocycles. The van der Waals surface area contributed by atoms with E-state index in [9.17, 15) is 0 Å². The van der Waals surface area contributed by atoms with Crippen LogP contribution in [0.15, 0.2) is 10.7 Å². The van der Waals surface area contributed by atoms with Crippen LogP contribution in [0.4, 0.5) is 0 Å². The number of rotatable bonds is 5. The van der Waals surface area contributed by atoms with E-state index in [1.54, 1.807) is 13.3 Å². The van der Waals surface area contributed by atoms with Crippen molar-refractivity contribution in [3.05, 3.63) is 16.4 Å². The Morgan fingerprint density at radius 1 is 1.69 bits per heavy atom. The Bertz CT molecular complexity index is 265. The van der Waals surface area contributed by atoms with Gasteiger partial charge in [-0.2, -0.15) is 5.10 Å². The molecule has 0 aliphatic rings. The molecule has 0 saturated heterocycles. The zero-order chi connectivity index (χ0) is 9.68. The Morgan fingerprint density at radius 3 is 3.08 bits per heavy atom. The molecule has 1 aromatic heterocycles. The third-order valence-electron chi connectivity index (χ3n) is 1.74. The molecule has 74 valence electrons. The van der Waals surface area contributed by atoms with Crippen molar-refractivity contribution in [2.24, 2.45) is 0 Å². The minimum absolute atomic E-state index is 0.608. The van der Waals surface area contributed by atoms with Crippen molar-refractivity contribution in [1.82, 2.24) is 9.78 Å². The molecule has 1 rings (SSSR count). The number of methoxy groups -OCH3 is 1. The molecule has 0 amide bonds. The van der Waals surface area contributed by atoms with Crippen molar-refractivity contribution >= 4 is 27.5 Å². The average molecular weight is 268 g/mol. The van der Waals surface area contributed by atoms with Crippen LogP contribution in [0.5, 0.6) is 0 Å². The Kier molecular flexibility index (Phi) is 4.77. The summed E-state index contributed by atoms with van der Waals surface area (Å²) in [4.78, 5) is 0. The van der Waals surface area contributed by atoms with Gasteiger partial charge in [0.25, 0.3) is 0 Å². The quantitative estimate of drug-likeness (QED) is 0.764. The summed E-state index contributed by atoms with van der Waals surface area (Å²) in [7, 11) is 1.68. The van der Waals surface area contributed by atoms with Crippen molar-refractivity contribution < 1.29 is 4.74 Å². The normalized spacial score (nSPS) is 10.7. The summed E-state index contributed by atoms with van der Waals surface area (Å²) in [5.74, 6) is 0.608. The minimum atomic E-state index is 0.608. The third-order valence-corrected chi connectivity index (χ3v) is 2.59. The Hall–Kier alpha value is -0.0600. The Balaban J connectivity index is 2.68. The van der Waals surface area contributed by atoms with Crippen LogP contribution in [-0.2, 0) is 17.7 Å². The van der Waals surface area contributed by atoms with E-state index in [0.717, 1.165) is 23.1 Å². The van der Waals surface area contributed by atoms with Gasteiger partial charge in [0.05, 0.1) is 29.5 Å². The number of ether oxygens (including phenoxy) is 1. The van der Waals surface area contributed by atoms with Gasteiger partial charge in [-0.3, -0.25) is 4.68 Å². The van der Waals surface area contributed by atoms with E-state index in [1.165, 1.54) is 0 Å². The molecule has 13 heavy (non-hydrogen) atoms. The average Bonchev–Trinajstić information content (AvgIpc) is 2.46. The molecule has 0 spiro atoms. The maximum atomic E-state index is 5.68. The van der Waals surface area contributed by atoms with E-state index < -0.39 is 0 Å². The van der Waals surface area contributed by atoms with Gasteiger partial charge in [0.1, 0.15) is 0 Å². The fourth-order valence-corrected chi connectivity index (χ4v) is 1.77. The predicted octanol–water partition coefficient (Wildman–Crippen LogP) is 2.07. The predicted molar refractivity (Wildman–Crippen MR) is 56.2 cm³/mol. The molecule has 0 atom stereocenters. The first-order valence-electron chi connectivity index (χ1n) is 4.04. The lowest BCUT2D eigenvalue weighted by molar-refractivity contribution is 0.182. The summed E-state index contributed by atoms with van der Waals surface area (Å²) in [6.45, 7) is 1.44. The first kappa shape index (κ1) is 11.0. The second-order valence-corrected chi connectivity index (χ2v) is 3.83. The highest BCUT2D eigenvalue weighted by Crippen LogP contribution is 2.16. The maximum absolute atomic E-state index is 5.68. The van der Waals surface area contributed by atoms with Gasteiger partial charge >= 0.3 is 0 Å². The standard InChI is InChI=1S/C8H12BrClN2O/c1-13-5-4-12-8(2-3-10)7(9)6-11-12/h6H,2-5H2,1H3. The van der Waals surface area contributed by atoms with Crippen LogP contribution in [0, 0.1) is 0 Å². The molecule has 1 heterocycles. The summed E-state index contributed by atoms with van der Waals surface area (Å²) in [6.07, 6.45) is 2.61. The lowest BCUT2D eigenvalue weighted by atomic mass is 10.3. The lowest BCUT2D eigenvalue weighted by Gasteiger charge is -2.05. The molecule has 5 heteroatoms. The number of hydrogen-bond donors (Lipinski definition) is 0. The monoisotopic (exact) mass is 266 g/mol. The number of aromatic nitrogens is 2. The molecule has 3 nitrogen and oxygen atoms in total. The summed E-state index contributed by atoms with van der Waals surface area (Å²) in [5.41, 5.74) is 1.13. The molecule has 0 fully saturated rings. The van der Waals surface area contributed by atoms with E-state index in [-0.39, 0.29) is 0 Å². The van der Waals surface area contributed by atoms with Gasteiger partial charge in [-0.15, -0.1) is 11.6 Å². The Morgan fingerprint density at radius 2 is 2.46 bits per heavy atom. The first-order valence-corrected chi connectivity index (χ1v) is 5.37. The molecular formula is C8H12BrClN2O. The summed E-state index contributed by atoms with van der Waals surface area (Å²) < 4.78 is 7.91. The molecule has 0 aliphatic heterocycles. The van der Waals surface area contributed by atoms with Gasteiger partial charge < -0.3 is 4.74 Å². The minimum Gasteiger partial charge on any atom is -0.383 e. The van der Waals surface area contributed by atoms with Crippen LogP contribution >= 0.6 is 27.5 Å². The molecule has 0 bridgehead atoms. The highest BCUT2D eigenvalue weighted by atomic mass is 79.9. The second-order valence-electron chi connectivity index (χ2n) is 2.59. The maximum Gasteiger partial charge on any atom is 0.0658 e. The molecule has 0 saturated carbocycles. The largest absolute Gasteiger partial charge is 0.383 e. The van der Waals surface area contributed by atoms with Crippen molar-refractivity contribution in [2.75, 3.05) is 19.6 Å². The smallest absolute Gasteiger partial charge is 0.0658 e.